The Hall–Kier alpha value is -3.99. The van der Waals surface area contributed by atoms with E-state index in [1.165, 1.54) is 16.2 Å². The van der Waals surface area contributed by atoms with Gasteiger partial charge in [0, 0.05) is 41.7 Å². The molecule has 0 unspecified atom stereocenters. The van der Waals surface area contributed by atoms with Crippen LogP contribution in [0.4, 0.5) is 20.8 Å². The monoisotopic (exact) mass is 550 g/mol. The van der Waals surface area contributed by atoms with Crippen LogP contribution in [-0.2, 0) is 4.74 Å². The smallest absolute Gasteiger partial charge is 0.410 e. The number of nitrogens with two attached hydrogens (primary N) is 1. The molecule has 39 heavy (non-hydrogen) atoms. The molecule has 3 heterocycles. The number of hydrogen-bond donors (Lipinski definition) is 2. The zero-order chi connectivity index (χ0) is 27.7. The molecule has 0 aliphatic carbocycles. The van der Waals surface area contributed by atoms with E-state index in [9.17, 15) is 9.18 Å². The number of fused-ring (bicyclic) bond motifs is 1. The summed E-state index contributed by atoms with van der Waals surface area (Å²) in [6.07, 6.45) is 0.125. The van der Waals surface area contributed by atoms with Gasteiger partial charge >= 0.3 is 6.09 Å². The second-order valence-electron chi connectivity index (χ2n) is 10.6. The highest BCUT2D eigenvalue weighted by atomic mass is 32.1. The molecule has 0 spiro atoms. The van der Waals surface area contributed by atoms with Crippen LogP contribution in [0.5, 0.6) is 11.6 Å². The number of piperidine rings is 1. The van der Waals surface area contributed by atoms with E-state index in [1.54, 1.807) is 38.5 Å². The zero-order valence-electron chi connectivity index (χ0n) is 22.3. The van der Waals surface area contributed by atoms with E-state index in [0.717, 1.165) is 21.2 Å². The van der Waals surface area contributed by atoms with Crippen molar-refractivity contribution >= 4 is 39.8 Å². The Bertz CT molecular complexity index is 1500. The number of aryl methyl sites for hydroxylation is 1. The molecular weight excluding hydrogens is 519 g/mol. The molecule has 11 heteroatoms. The zero-order valence-corrected chi connectivity index (χ0v) is 23.1. The summed E-state index contributed by atoms with van der Waals surface area (Å²) in [5, 5.41) is 4.99. The number of halogens is 1. The maximum absolute atomic E-state index is 14.5. The molecule has 2 aromatic carbocycles. The lowest BCUT2D eigenvalue weighted by atomic mass is 10.0. The molecule has 2 atom stereocenters. The van der Waals surface area contributed by atoms with Gasteiger partial charge in [0.25, 0.3) is 0 Å². The molecule has 0 radical (unpaired) electrons. The quantitative estimate of drug-likeness (QED) is 0.283. The number of likely N-dealkylation sites (tertiary alicyclic amines) is 1. The second kappa shape index (κ2) is 10.6. The first kappa shape index (κ1) is 26.6. The van der Waals surface area contributed by atoms with Crippen molar-refractivity contribution in [1.82, 2.24) is 19.9 Å². The van der Waals surface area contributed by atoms with Crippen LogP contribution in [0.3, 0.4) is 0 Å². The first-order chi connectivity index (χ1) is 18.6. The molecule has 9 nitrogen and oxygen atoms in total. The van der Waals surface area contributed by atoms with Crippen LogP contribution in [0.1, 0.15) is 32.8 Å². The van der Waals surface area contributed by atoms with Crippen LogP contribution >= 0.6 is 11.3 Å². The third-order valence-electron chi connectivity index (χ3n) is 6.22. The van der Waals surface area contributed by atoms with Gasteiger partial charge in [-0.3, -0.25) is 0 Å². The van der Waals surface area contributed by atoms with Crippen molar-refractivity contribution in [3.8, 4) is 22.2 Å². The van der Waals surface area contributed by atoms with Gasteiger partial charge in [0.05, 0.1) is 17.7 Å². The largest absolute Gasteiger partial charge is 0.444 e. The summed E-state index contributed by atoms with van der Waals surface area (Å²) >= 11 is 1.39. The number of alkyl halides is 1. The Kier molecular flexibility index (Phi) is 7.26. The third kappa shape index (κ3) is 6.03. The van der Waals surface area contributed by atoms with Gasteiger partial charge in [-0.25, -0.2) is 24.1 Å². The van der Waals surface area contributed by atoms with Crippen LogP contribution in [0.25, 0.3) is 21.3 Å². The van der Waals surface area contributed by atoms with Crippen molar-refractivity contribution in [2.24, 2.45) is 0 Å². The van der Waals surface area contributed by atoms with Crippen LogP contribution in [0, 0.1) is 6.92 Å². The Morgan fingerprint density at radius 2 is 1.95 bits per heavy atom. The molecule has 1 amide bonds. The number of amides is 1. The summed E-state index contributed by atoms with van der Waals surface area (Å²) in [6.45, 7) is 7.57. The highest BCUT2D eigenvalue weighted by Crippen LogP contribution is 2.40. The molecule has 1 aliphatic heterocycles. The predicted octanol–water partition coefficient (Wildman–Crippen LogP) is 6.20. The van der Waals surface area contributed by atoms with E-state index in [1.807, 2.05) is 37.3 Å². The van der Waals surface area contributed by atoms with E-state index >= 15 is 0 Å². The molecule has 1 saturated heterocycles. The minimum absolute atomic E-state index is 0.00517. The maximum atomic E-state index is 14.5. The van der Waals surface area contributed by atoms with Gasteiger partial charge in [-0.15, -0.1) is 11.3 Å². The number of nitrogens with one attached hydrogen (secondary N) is 1. The number of aromatic nitrogens is 3. The van der Waals surface area contributed by atoms with E-state index in [4.69, 9.17) is 15.2 Å². The van der Waals surface area contributed by atoms with Gasteiger partial charge in [0.2, 0.25) is 11.8 Å². The number of anilines is 2. The molecule has 4 aromatic rings. The lowest BCUT2D eigenvalue weighted by molar-refractivity contribution is 0.0124. The summed E-state index contributed by atoms with van der Waals surface area (Å²) in [4.78, 5) is 28.1. The van der Waals surface area contributed by atoms with E-state index in [-0.39, 0.29) is 25.6 Å². The van der Waals surface area contributed by atoms with E-state index in [0.29, 0.717) is 29.0 Å². The summed E-state index contributed by atoms with van der Waals surface area (Å²) in [5.74, 6) is 1.42. The summed E-state index contributed by atoms with van der Waals surface area (Å²) in [6, 6.07) is 11.1. The fraction of sp³-hybridized carbons (Fsp3) is 0.357. The highest BCUT2D eigenvalue weighted by Gasteiger charge is 2.33. The molecule has 0 saturated carbocycles. The summed E-state index contributed by atoms with van der Waals surface area (Å²) < 4.78 is 26.3. The standard InChI is InChI=1S/C28H31FN6O3S/c1-16-11-21(30)19-7-5-6-8-20(19)23(16)37-25-24(39-15-32-25)22-9-10-31-26(34-22)33-18-12-17(29)13-35(14-18)27(36)38-28(2,3)4/h5-11,15,17-18H,12-14,30H2,1-4H3,(H,31,33,34)/t17-,18-/m0/s1. The minimum Gasteiger partial charge on any atom is -0.444 e. The first-order valence-corrected chi connectivity index (χ1v) is 13.6. The Morgan fingerprint density at radius 1 is 1.18 bits per heavy atom. The van der Waals surface area contributed by atoms with Crippen LogP contribution in [-0.4, -0.2) is 56.8 Å². The van der Waals surface area contributed by atoms with Crippen molar-refractivity contribution in [3.63, 3.8) is 0 Å². The normalized spacial score (nSPS) is 17.7. The Balaban J connectivity index is 1.36. The number of thiazole rings is 1. The van der Waals surface area contributed by atoms with Crippen molar-refractivity contribution in [3.05, 3.63) is 53.7 Å². The van der Waals surface area contributed by atoms with Gasteiger partial charge in [0.1, 0.15) is 22.4 Å². The second-order valence-corrected chi connectivity index (χ2v) is 11.4. The Labute approximate surface area is 230 Å². The van der Waals surface area contributed by atoms with Crippen LogP contribution < -0.4 is 15.8 Å². The Morgan fingerprint density at radius 3 is 2.72 bits per heavy atom. The molecule has 2 aromatic heterocycles. The van der Waals surface area contributed by atoms with Gasteiger partial charge in [0.15, 0.2) is 0 Å². The third-order valence-corrected chi connectivity index (χ3v) is 7.05. The van der Waals surface area contributed by atoms with Gasteiger partial charge in [-0.05, 0) is 45.4 Å². The number of carbonyl (C=O) groups is 1. The molecule has 5 rings (SSSR count). The average Bonchev–Trinajstić information content (AvgIpc) is 3.34. The van der Waals surface area contributed by atoms with Crippen LogP contribution in [0.15, 0.2) is 48.1 Å². The van der Waals surface area contributed by atoms with Crippen molar-refractivity contribution in [1.29, 1.82) is 0 Å². The SMILES string of the molecule is Cc1cc(N)c2ccccc2c1Oc1ncsc1-c1ccnc(N[C@H]2C[C@H](F)CN(C(=O)OC(C)(C)C)C2)n1. The summed E-state index contributed by atoms with van der Waals surface area (Å²) in [5.41, 5.74) is 9.45. The molecule has 0 bridgehead atoms. The average molecular weight is 551 g/mol. The van der Waals surface area contributed by atoms with E-state index in [2.05, 4.69) is 20.3 Å². The maximum Gasteiger partial charge on any atom is 0.410 e. The first-order valence-electron chi connectivity index (χ1n) is 12.7. The van der Waals surface area contributed by atoms with E-state index < -0.39 is 17.9 Å². The number of nitrogens with zero attached hydrogens (tertiary/aromatic N) is 4. The molecule has 1 fully saturated rings. The van der Waals surface area contributed by atoms with Crippen molar-refractivity contribution in [2.75, 3.05) is 24.1 Å². The fourth-order valence-corrected chi connectivity index (χ4v) is 5.27. The lowest BCUT2D eigenvalue weighted by Gasteiger charge is -2.36. The molecule has 204 valence electrons. The van der Waals surface area contributed by atoms with Gasteiger partial charge in [-0.1, -0.05) is 24.3 Å². The number of hydrogen-bond acceptors (Lipinski definition) is 9. The number of ether oxygens (including phenoxy) is 2. The fourth-order valence-electron chi connectivity index (χ4n) is 4.59. The molecule has 1 aliphatic rings. The minimum atomic E-state index is -1.19. The van der Waals surface area contributed by atoms with Crippen molar-refractivity contribution < 1.29 is 18.7 Å². The lowest BCUT2D eigenvalue weighted by Crippen LogP contribution is -2.51. The number of benzene rings is 2. The number of nitrogen functional groups attached to an aromatic ring is 1. The van der Waals surface area contributed by atoms with Gasteiger partial charge < -0.3 is 25.4 Å². The predicted molar refractivity (Wildman–Crippen MR) is 151 cm³/mol. The van der Waals surface area contributed by atoms with Crippen molar-refractivity contribution in [2.45, 2.75) is 51.9 Å². The van der Waals surface area contributed by atoms with Crippen LogP contribution in [0.2, 0.25) is 0 Å². The topological polar surface area (TPSA) is 115 Å². The summed E-state index contributed by atoms with van der Waals surface area (Å²) in [7, 11) is 0. The van der Waals surface area contributed by atoms with Gasteiger partial charge in [-0.2, -0.15) is 0 Å². The number of carbonyl (C=O) groups excluding carboxylic acids is 1. The molecular formula is C28H31FN6O3S. The molecule has 3 N–H and O–H groups in total. The number of rotatable bonds is 5. The highest BCUT2D eigenvalue weighted by molar-refractivity contribution is 7.13.